The fraction of sp³-hybridized carbons (Fsp3) is 0.192. The fourth-order valence-electron chi connectivity index (χ4n) is 3.02. The maximum atomic E-state index is 12.4. The highest BCUT2D eigenvalue weighted by Gasteiger charge is 2.22. The lowest BCUT2D eigenvalue weighted by atomic mass is 10.1. The summed E-state index contributed by atoms with van der Waals surface area (Å²) in [6.07, 6.45) is 1.46. The van der Waals surface area contributed by atoms with Gasteiger partial charge in [0.25, 0.3) is 5.91 Å². The number of nitrogens with zero attached hydrogens (tertiary/aromatic N) is 1. The van der Waals surface area contributed by atoms with E-state index in [9.17, 15) is 9.59 Å². The van der Waals surface area contributed by atoms with Gasteiger partial charge >= 0.3 is 0 Å². The van der Waals surface area contributed by atoms with Crippen LogP contribution in [-0.2, 0) is 16.2 Å². The Morgan fingerprint density at radius 3 is 2.47 bits per heavy atom. The van der Waals surface area contributed by atoms with Crippen molar-refractivity contribution >= 4 is 67.2 Å². The van der Waals surface area contributed by atoms with Crippen LogP contribution in [0.4, 0.5) is 5.69 Å². The fourth-order valence-corrected chi connectivity index (χ4v) is 4.17. The van der Waals surface area contributed by atoms with Gasteiger partial charge in [-0.1, -0.05) is 41.9 Å². The molecular weight excluding hydrogens is 614 g/mol. The van der Waals surface area contributed by atoms with Crippen molar-refractivity contribution in [1.82, 2.24) is 5.43 Å². The van der Waals surface area contributed by atoms with Gasteiger partial charge in [0.1, 0.15) is 12.5 Å². The summed E-state index contributed by atoms with van der Waals surface area (Å²) in [5, 5.41) is 7.33. The minimum absolute atomic E-state index is 0.265. The Morgan fingerprint density at radius 2 is 1.75 bits per heavy atom. The topological polar surface area (TPSA) is 89.0 Å². The second-order valence-corrected chi connectivity index (χ2v) is 9.68. The van der Waals surface area contributed by atoms with Crippen LogP contribution >= 0.6 is 43.5 Å². The molecule has 2 N–H and O–H groups in total. The molecule has 0 fully saturated rings. The highest BCUT2D eigenvalue weighted by Crippen LogP contribution is 2.37. The zero-order valence-corrected chi connectivity index (χ0v) is 23.5. The number of anilines is 1. The Morgan fingerprint density at radius 1 is 1.03 bits per heavy atom. The van der Waals surface area contributed by atoms with Gasteiger partial charge in [-0.2, -0.15) is 5.10 Å². The third-order valence-electron chi connectivity index (χ3n) is 4.97. The first kappa shape index (κ1) is 27.7. The van der Waals surface area contributed by atoms with Gasteiger partial charge in [0.05, 0.1) is 23.0 Å². The molecule has 0 bridgehead atoms. The number of carbonyl (C=O) groups is 2. The second kappa shape index (κ2) is 13.4. The minimum atomic E-state index is -0.958. The Labute approximate surface area is 231 Å². The number of ether oxygens (including phenoxy) is 2. The smallest absolute Gasteiger partial charge is 0.252 e. The maximum Gasteiger partial charge on any atom is 0.252 e. The van der Waals surface area contributed by atoms with E-state index in [4.69, 9.17) is 21.1 Å². The molecule has 188 valence electrons. The number of hydrogen-bond donors (Lipinski definition) is 2. The van der Waals surface area contributed by atoms with Crippen LogP contribution in [0.15, 0.2) is 74.7 Å². The summed E-state index contributed by atoms with van der Waals surface area (Å²) in [6, 6.07) is 18.1. The van der Waals surface area contributed by atoms with E-state index in [0.29, 0.717) is 38.9 Å². The number of benzene rings is 3. The number of halogens is 3. The summed E-state index contributed by atoms with van der Waals surface area (Å²) in [5.74, 6) is -0.917. The van der Waals surface area contributed by atoms with Gasteiger partial charge in [-0.05, 0) is 81.6 Å². The number of nitrogens with one attached hydrogen (secondary N) is 2. The Bertz CT molecular complexity index is 1270. The van der Waals surface area contributed by atoms with Crippen molar-refractivity contribution in [3.63, 3.8) is 0 Å². The first-order chi connectivity index (χ1) is 17.3. The zero-order chi connectivity index (χ0) is 26.1. The van der Waals surface area contributed by atoms with E-state index in [1.807, 2.05) is 31.2 Å². The van der Waals surface area contributed by atoms with Crippen molar-refractivity contribution in [2.45, 2.75) is 20.5 Å². The summed E-state index contributed by atoms with van der Waals surface area (Å²) < 4.78 is 13.1. The first-order valence-electron chi connectivity index (χ1n) is 11.0. The van der Waals surface area contributed by atoms with Gasteiger partial charge in [-0.3, -0.25) is 9.59 Å². The van der Waals surface area contributed by atoms with Crippen molar-refractivity contribution in [2.75, 3.05) is 11.9 Å². The SMILES string of the molecule is CCOc1cc(C=NNC(=O)C(C)C(=O)Nc2ccccc2Br)cc(Br)c1OCc1ccccc1Cl. The average Bonchev–Trinajstić information content (AvgIpc) is 2.85. The second-order valence-electron chi connectivity index (χ2n) is 7.57. The van der Waals surface area contributed by atoms with Gasteiger partial charge in [0, 0.05) is 15.1 Å². The van der Waals surface area contributed by atoms with E-state index in [-0.39, 0.29) is 6.61 Å². The van der Waals surface area contributed by atoms with Crippen LogP contribution in [0.5, 0.6) is 11.5 Å². The summed E-state index contributed by atoms with van der Waals surface area (Å²) in [7, 11) is 0. The van der Waals surface area contributed by atoms with E-state index in [1.165, 1.54) is 13.1 Å². The molecule has 0 aliphatic heterocycles. The van der Waals surface area contributed by atoms with E-state index in [2.05, 4.69) is 47.7 Å². The highest BCUT2D eigenvalue weighted by molar-refractivity contribution is 9.11. The standard InChI is InChI=1S/C26H24Br2ClN3O4/c1-3-35-23-13-17(12-20(28)24(23)36-15-18-8-4-6-10-21(18)29)14-30-32-26(34)16(2)25(33)31-22-11-7-5-9-19(22)27/h4-14,16H,3,15H2,1-2H3,(H,31,33)(H,32,34). The third kappa shape index (κ3) is 7.56. The molecule has 0 heterocycles. The zero-order valence-electron chi connectivity index (χ0n) is 19.6. The Hall–Kier alpha value is -2.88. The Balaban J connectivity index is 1.65. The molecule has 0 aliphatic carbocycles. The van der Waals surface area contributed by atoms with Gasteiger partial charge in [-0.15, -0.1) is 0 Å². The molecule has 36 heavy (non-hydrogen) atoms. The van der Waals surface area contributed by atoms with Crippen LogP contribution in [0.2, 0.25) is 5.02 Å². The van der Waals surface area contributed by atoms with E-state index in [0.717, 1.165) is 10.0 Å². The van der Waals surface area contributed by atoms with E-state index < -0.39 is 17.7 Å². The van der Waals surface area contributed by atoms with Crippen LogP contribution < -0.4 is 20.2 Å². The molecule has 10 heteroatoms. The number of amides is 2. The minimum Gasteiger partial charge on any atom is -0.490 e. The van der Waals surface area contributed by atoms with Crippen molar-refractivity contribution < 1.29 is 19.1 Å². The first-order valence-corrected chi connectivity index (χ1v) is 13.0. The number of carbonyl (C=O) groups excluding carboxylic acids is 2. The monoisotopic (exact) mass is 635 g/mol. The van der Waals surface area contributed by atoms with Crippen molar-refractivity contribution in [3.05, 3.63) is 85.8 Å². The quantitative estimate of drug-likeness (QED) is 0.150. The van der Waals surface area contributed by atoms with Gasteiger partial charge in [-0.25, -0.2) is 5.43 Å². The Kier molecular flexibility index (Phi) is 10.3. The lowest BCUT2D eigenvalue weighted by Crippen LogP contribution is -2.34. The summed E-state index contributed by atoms with van der Waals surface area (Å²) in [5.41, 5.74) is 4.49. The summed E-state index contributed by atoms with van der Waals surface area (Å²) >= 11 is 13.1. The maximum absolute atomic E-state index is 12.4. The van der Waals surface area contributed by atoms with E-state index >= 15 is 0 Å². The largest absolute Gasteiger partial charge is 0.490 e. The van der Waals surface area contributed by atoms with Crippen LogP contribution in [0, 0.1) is 5.92 Å². The number of para-hydroxylation sites is 1. The molecule has 3 rings (SSSR count). The predicted molar refractivity (Wildman–Crippen MR) is 149 cm³/mol. The van der Waals surface area contributed by atoms with Crippen LogP contribution in [0.3, 0.4) is 0 Å². The summed E-state index contributed by atoms with van der Waals surface area (Å²) in [4.78, 5) is 24.9. The van der Waals surface area contributed by atoms with Gasteiger partial charge in [0.2, 0.25) is 5.91 Å². The van der Waals surface area contributed by atoms with Gasteiger partial charge in [0.15, 0.2) is 11.5 Å². The third-order valence-corrected chi connectivity index (χ3v) is 6.62. The molecule has 3 aromatic carbocycles. The molecule has 2 amide bonds. The molecule has 0 saturated heterocycles. The summed E-state index contributed by atoms with van der Waals surface area (Å²) in [6.45, 7) is 4.07. The van der Waals surface area contributed by atoms with Crippen LogP contribution in [0.1, 0.15) is 25.0 Å². The van der Waals surface area contributed by atoms with Gasteiger partial charge < -0.3 is 14.8 Å². The highest BCUT2D eigenvalue weighted by atomic mass is 79.9. The number of hydrogen-bond acceptors (Lipinski definition) is 5. The van der Waals surface area contributed by atoms with Crippen LogP contribution in [-0.4, -0.2) is 24.6 Å². The molecule has 0 spiro atoms. The molecule has 0 radical (unpaired) electrons. The lowest BCUT2D eigenvalue weighted by Gasteiger charge is -2.15. The molecule has 3 aromatic rings. The molecule has 0 saturated carbocycles. The normalized spacial score (nSPS) is 11.7. The molecule has 1 atom stereocenters. The van der Waals surface area contributed by atoms with Crippen molar-refractivity contribution in [1.29, 1.82) is 0 Å². The average molecular weight is 638 g/mol. The number of hydrazone groups is 1. The number of rotatable bonds is 10. The molecule has 1 unspecified atom stereocenters. The van der Waals surface area contributed by atoms with Crippen molar-refractivity contribution in [3.8, 4) is 11.5 Å². The van der Waals surface area contributed by atoms with E-state index in [1.54, 1.807) is 36.4 Å². The molecule has 0 aromatic heterocycles. The predicted octanol–water partition coefficient (Wildman–Crippen LogP) is 6.57. The van der Waals surface area contributed by atoms with Crippen LogP contribution in [0.25, 0.3) is 0 Å². The van der Waals surface area contributed by atoms with Crippen molar-refractivity contribution in [2.24, 2.45) is 11.0 Å². The molecular formula is C26H24Br2ClN3O4. The molecule has 7 nitrogen and oxygen atoms in total. The lowest BCUT2D eigenvalue weighted by molar-refractivity contribution is -0.131. The molecule has 0 aliphatic rings.